The van der Waals surface area contributed by atoms with E-state index < -0.39 is 15.7 Å². The lowest BCUT2D eigenvalue weighted by molar-refractivity contribution is -0.130. The van der Waals surface area contributed by atoms with Gasteiger partial charge in [0, 0.05) is 10.3 Å². The van der Waals surface area contributed by atoms with Gasteiger partial charge in [0.1, 0.15) is 0 Å². The first-order valence-electron chi connectivity index (χ1n) is 7.52. The number of ketones is 1. The molecule has 0 saturated heterocycles. The number of carbonyl (C=O) groups is 2. The molecule has 22 heavy (non-hydrogen) atoms. The maximum atomic E-state index is 13.1. The topological polar surface area (TPSA) is 59.1 Å². The van der Waals surface area contributed by atoms with E-state index in [9.17, 15) is 9.59 Å². The molecule has 0 aliphatic heterocycles. The van der Waals surface area contributed by atoms with Crippen LogP contribution in [0.5, 0.6) is 0 Å². The first-order chi connectivity index (χ1) is 10.1. The SMILES string of the molecule is Cc1nc(NC(=O)[C@@]23CC[C@](C)(C(=O)[C@H]2Br)C3(C)C)sc1C. The average molecular weight is 385 g/mol. The first-order valence-corrected chi connectivity index (χ1v) is 9.25. The maximum absolute atomic E-state index is 13.1. The largest absolute Gasteiger partial charge is 0.301 e. The third kappa shape index (κ3) is 1.65. The molecule has 0 radical (unpaired) electrons. The lowest BCUT2D eigenvalue weighted by Gasteiger charge is -2.39. The van der Waals surface area contributed by atoms with E-state index in [0.29, 0.717) is 5.13 Å². The summed E-state index contributed by atoms with van der Waals surface area (Å²) >= 11 is 5.02. The van der Waals surface area contributed by atoms with E-state index in [1.54, 1.807) is 0 Å². The Hall–Kier alpha value is -0.750. The number of fused-ring (bicyclic) bond motifs is 2. The number of aryl methyl sites for hydroxylation is 2. The zero-order chi connectivity index (χ0) is 16.5. The standard InChI is InChI=1S/C16H21BrN2O2S/c1-8-9(2)22-13(18-8)19-12(21)16-7-6-15(5,14(16,3)4)11(20)10(16)17/h10H,6-7H2,1-5H3,(H,18,19,21)/t10-,15-,16-/m1/s1. The van der Waals surface area contributed by atoms with E-state index in [0.717, 1.165) is 23.4 Å². The minimum absolute atomic E-state index is 0.0808. The average Bonchev–Trinajstić information content (AvgIpc) is 2.88. The zero-order valence-electron chi connectivity index (χ0n) is 13.5. The molecule has 0 spiro atoms. The van der Waals surface area contributed by atoms with Gasteiger partial charge in [-0.25, -0.2) is 4.98 Å². The van der Waals surface area contributed by atoms with Crippen LogP contribution in [-0.2, 0) is 9.59 Å². The van der Waals surface area contributed by atoms with Gasteiger partial charge in [-0.05, 0) is 32.1 Å². The Morgan fingerprint density at radius 2 is 1.95 bits per heavy atom. The molecule has 1 amide bonds. The number of nitrogens with one attached hydrogen (secondary N) is 1. The number of amides is 1. The van der Waals surface area contributed by atoms with Crippen LogP contribution in [0.15, 0.2) is 0 Å². The fraction of sp³-hybridized carbons (Fsp3) is 0.688. The van der Waals surface area contributed by atoms with Gasteiger partial charge in [0.05, 0.1) is 15.9 Å². The van der Waals surface area contributed by atoms with Crippen molar-refractivity contribution in [3.8, 4) is 0 Å². The predicted molar refractivity (Wildman–Crippen MR) is 91.5 cm³/mol. The van der Waals surface area contributed by atoms with Gasteiger partial charge >= 0.3 is 0 Å². The molecule has 3 atom stereocenters. The summed E-state index contributed by atoms with van der Waals surface area (Å²) in [5.41, 5.74) is -0.581. The lowest BCUT2D eigenvalue weighted by atomic mass is 9.64. The molecule has 2 fully saturated rings. The molecular formula is C16H21BrN2O2S. The van der Waals surface area contributed by atoms with E-state index in [4.69, 9.17) is 0 Å². The molecule has 1 aromatic rings. The fourth-order valence-electron chi connectivity index (χ4n) is 4.19. The van der Waals surface area contributed by atoms with Crippen molar-refractivity contribution in [3.05, 3.63) is 10.6 Å². The Morgan fingerprint density at radius 1 is 1.32 bits per heavy atom. The number of Topliss-reactive ketones (excluding diaryl/α,β-unsaturated/α-hetero) is 1. The number of aromatic nitrogens is 1. The van der Waals surface area contributed by atoms with E-state index >= 15 is 0 Å². The summed E-state index contributed by atoms with van der Waals surface area (Å²) in [4.78, 5) is 30.9. The van der Waals surface area contributed by atoms with E-state index in [1.807, 2.05) is 20.8 Å². The van der Waals surface area contributed by atoms with Crippen molar-refractivity contribution in [2.24, 2.45) is 16.2 Å². The third-order valence-corrected chi connectivity index (χ3v) is 8.56. The molecular weight excluding hydrogens is 364 g/mol. The number of thiazole rings is 1. The number of halogens is 1. The van der Waals surface area contributed by atoms with Gasteiger partial charge in [-0.3, -0.25) is 9.59 Å². The second-order valence-electron chi connectivity index (χ2n) is 7.27. The number of rotatable bonds is 2. The number of anilines is 1. The Morgan fingerprint density at radius 3 is 2.41 bits per heavy atom. The van der Waals surface area contributed by atoms with E-state index in [-0.39, 0.29) is 17.1 Å². The van der Waals surface area contributed by atoms with Crippen LogP contribution in [0.4, 0.5) is 5.13 Å². The Bertz CT molecular complexity index is 664. The monoisotopic (exact) mass is 384 g/mol. The fourth-order valence-corrected chi connectivity index (χ4v) is 6.51. The van der Waals surface area contributed by atoms with Crippen LogP contribution in [0.3, 0.4) is 0 Å². The van der Waals surface area contributed by atoms with Crippen LogP contribution in [0.2, 0.25) is 0 Å². The summed E-state index contributed by atoms with van der Waals surface area (Å²) in [7, 11) is 0. The molecule has 0 unspecified atom stereocenters. The second kappa shape index (κ2) is 4.63. The number of hydrogen-bond acceptors (Lipinski definition) is 4. The van der Waals surface area contributed by atoms with Gasteiger partial charge in [0.2, 0.25) is 5.91 Å². The van der Waals surface area contributed by atoms with Crippen LogP contribution in [-0.4, -0.2) is 21.5 Å². The summed E-state index contributed by atoms with van der Waals surface area (Å²) in [6, 6.07) is 0. The summed E-state index contributed by atoms with van der Waals surface area (Å²) in [6.07, 6.45) is 1.50. The van der Waals surface area contributed by atoms with E-state index in [1.165, 1.54) is 11.3 Å². The smallest absolute Gasteiger partial charge is 0.234 e. The number of nitrogens with zero attached hydrogens (tertiary/aromatic N) is 1. The van der Waals surface area contributed by atoms with Crippen molar-refractivity contribution < 1.29 is 9.59 Å². The van der Waals surface area contributed by atoms with Gasteiger partial charge < -0.3 is 5.32 Å². The van der Waals surface area contributed by atoms with Crippen LogP contribution >= 0.6 is 27.3 Å². The maximum Gasteiger partial charge on any atom is 0.234 e. The number of hydrogen-bond donors (Lipinski definition) is 1. The normalized spacial score (nSPS) is 35.9. The van der Waals surface area contributed by atoms with Crippen molar-refractivity contribution in [3.63, 3.8) is 0 Å². The van der Waals surface area contributed by atoms with Crippen LogP contribution in [0.25, 0.3) is 0 Å². The lowest BCUT2D eigenvalue weighted by Crippen LogP contribution is -2.47. The highest BCUT2D eigenvalue weighted by atomic mass is 79.9. The molecule has 2 bridgehead atoms. The van der Waals surface area contributed by atoms with Crippen LogP contribution < -0.4 is 5.32 Å². The van der Waals surface area contributed by atoms with Gasteiger partial charge in [-0.15, -0.1) is 11.3 Å². The Kier molecular flexibility index (Phi) is 3.39. The molecule has 1 N–H and O–H groups in total. The highest BCUT2D eigenvalue weighted by molar-refractivity contribution is 9.10. The number of carbonyl (C=O) groups excluding carboxylic acids is 2. The summed E-state index contributed by atoms with van der Waals surface area (Å²) in [5.74, 6) is 0.0769. The molecule has 1 heterocycles. The van der Waals surface area contributed by atoms with Gasteiger partial charge in [-0.2, -0.15) is 0 Å². The molecule has 2 saturated carbocycles. The zero-order valence-corrected chi connectivity index (χ0v) is 15.9. The van der Waals surface area contributed by atoms with Crippen molar-refractivity contribution in [1.29, 1.82) is 0 Å². The molecule has 2 aliphatic rings. The minimum Gasteiger partial charge on any atom is -0.301 e. The molecule has 120 valence electrons. The Labute approximate surface area is 143 Å². The highest BCUT2D eigenvalue weighted by Gasteiger charge is 2.76. The van der Waals surface area contributed by atoms with Crippen LogP contribution in [0.1, 0.15) is 44.2 Å². The van der Waals surface area contributed by atoms with E-state index in [2.05, 4.69) is 40.1 Å². The molecule has 6 heteroatoms. The minimum atomic E-state index is -0.702. The summed E-state index contributed by atoms with van der Waals surface area (Å²) in [5, 5.41) is 3.60. The molecule has 3 rings (SSSR count). The van der Waals surface area contributed by atoms with Crippen molar-refractivity contribution >= 4 is 44.1 Å². The first kappa shape index (κ1) is 16.1. The van der Waals surface area contributed by atoms with Crippen molar-refractivity contribution in [2.45, 2.75) is 52.3 Å². The van der Waals surface area contributed by atoms with Crippen LogP contribution in [0, 0.1) is 30.1 Å². The highest BCUT2D eigenvalue weighted by Crippen LogP contribution is 2.72. The number of alkyl halides is 1. The quantitative estimate of drug-likeness (QED) is 0.787. The predicted octanol–water partition coefficient (Wildman–Crippen LogP) is 3.86. The molecule has 1 aromatic heterocycles. The summed E-state index contributed by atoms with van der Waals surface area (Å²) in [6.45, 7) is 10.0. The van der Waals surface area contributed by atoms with Gasteiger partial charge in [0.15, 0.2) is 10.9 Å². The summed E-state index contributed by atoms with van der Waals surface area (Å²) < 4.78 is 0. The molecule has 2 aliphatic carbocycles. The molecule has 4 nitrogen and oxygen atoms in total. The molecule has 0 aromatic carbocycles. The van der Waals surface area contributed by atoms with Gasteiger partial charge in [0.25, 0.3) is 0 Å². The second-order valence-corrected chi connectivity index (χ2v) is 9.39. The third-order valence-electron chi connectivity index (χ3n) is 6.37. The van der Waals surface area contributed by atoms with Crippen molar-refractivity contribution in [1.82, 2.24) is 4.98 Å². The van der Waals surface area contributed by atoms with Crippen molar-refractivity contribution in [2.75, 3.05) is 5.32 Å². The Balaban J connectivity index is 1.99. The van der Waals surface area contributed by atoms with Gasteiger partial charge in [-0.1, -0.05) is 36.7 Å².